The summed E-state index contributed by atoms with van der Waals surface area (Å²) in [6.45, 7) is 28.2. The number of fused-ring (bicyclic) bond motifs is 8. The predicted molar refractivity (Wildman–Crippen MR) is 295 cm³/mol. The van der Waals surface area contributed by atoms with Gasteiger partial charge in [0, 0.05) is 25.7 Å². The first-order chi connectivity index (χ1) is 34.9. The average Bonchev–Trinajstić information content (AvgIpc) is 3.98. The Morgan fingerprint density at radius 2 is 0.676 bits per heavy atom. The number of nitrogens with zero attached hydrogens (tertiary/aromatic N) is 6. The zero-order valence-electron chi connectivity index (χ0n) is 45.6. The minimum atomic E-state index is -0.240. The zero-order valence-corrected chi connectivity index (χ0v) is 45.6. The van der Waals surface area contributed by atoms with Crippen LogP contribution in [-0.4, -0.2) is 40.2 Å². The molecule has 8 bridgehead atoms. The van der Waals surface area contributed by atoms with Crippen molar-refractivity contribution in [1.29, 1.82) is 0 Å². The predicted octanol–water partition coefficient (Wildman–Crippen LogP) is 13.4. The van der Waals surface area contributed by atoms with Crippen LogP contribution >= 0.6 is 0 Å². The van der Waals surface area contributed by atoms with E-state index in [1.807, 2.05) is 58.2 Å². The molecule has 9 rings (SSSR count). The molecule has 2 aromatic heterocycles. The summed E-state index contributed by atoms with van der Waals surface area (Å²) in [6, 6.07) is 38.1. The Balaban J connectivity index is 1.23. The number of aromatic nitrogens is 6. The van der Waals surface area contributed by atoms with Gasteiger partial charge in [-0.05, 0) is 99.5 Å². The summed E-state index contributed by atoms with van der Waals surface area (Å²) >= 11 is 0. The lowest BCUT2D eigenvalue weighted by atomic mass is 9.79. The summed E-state index contributed by atoms with van der Waals surface area (Å²) in [5.41, 5.74) is 14.2. The molecule has 2 N–H and O–H groups in total. The average molecular weight is 991 g/mol. The number of hydrogen-bond acceptors (Lipinski definition) is 8. The smallest absolute Gasteiger partial charge is 0.134 e. The summed E-state index contributed by atoms with van der Waals surface area (Å²) in [7, 11) is 0. The molecule has 0 saturated heterocycles. The van der Waals surface area contributed by atoms with E-state index in [1.165, 1.54) is 0 Å². The summed E-state index contributed by atoms with van der Waals surface area (Å²) in [5.74, 6) is 1.92. The summed E-state index contributed by atoms with van der Waals surface area (Å²) in [6.07, 6.45) is 5.46. The van der Waals surface area contributed by atoms with Gasteiger partial charge in [0.05, 0.1) is 25.5 Å². The molecule has 74 heavy (non-hydrogen) atoms. The maximum atomic E-state index is 12.8. The summed E-state index contributed by atoms with van der Waals surface area (Å²) in [4.78, 5) is 0. The molecule has 0 radical (unpaired) electrons. The topological polar surface area (TPSA) is 120 Å². The van der Waals surface area contributed by atoms with E-state index in [1.54, 1.807) is 0 Å². The standard InChI is InChI=1S/C64H74N6O4/c1-61(2,3)51-27-43-23-47-31-53(63(7,8)9)33-49(59(47)73-39-55-37-69(67-65-55)35-41-19-15-13-16-20-41)25-45-29-52(62(4,5)6)30-46(58(45)72)26-50-34-54(64(10,11)12)32-48(24-44(28-51)57(43)71)60(50)74-40-56-38-70(68-66-56)36-42-21-17-14-18-22-42/h13-22,27-34,37-38,71-72H,23-26,35-36,39-40H2,1-12H3. The number of aromatic hydroxyl groups is 2. The summed E-state index contributed by atoms with van der Waals surface area (Å²) < 4.78 is 17.7. The van der Waals surface area contributed by atoms with Gasteiger partial charge in [0.15, 0.2) is 0 Å². The van der Waals surface area contributed by atoms with Crippen LogP contribution in [0.25, 0.3) is 0 Å². The van der Waals surface area contributed by atoms with Crippen molar-refractivity contribution in [2.24, 2.45) is 0 Å². The quantitative estimate of drug-likeness (QED) is 0.139. The molecule has 2 heterocycles. The van der Waals surface area contributed by atoms with Gasteiger partial charge in [-0.25, -0.2) is 9.36 Å². The number of rotatable bonds is 10. The lowest BCUT2D eigenvalue weighted by Crippen LogP contribution is -2.16. The molecule has 0 atom stereocenters. The number of ether oxygens (including phenoxy) is 2. The first-order valence-electron chi connectivity index (χ1n) is 26.1. The second-order valence-corrected chi connectivity index (χ2v) is 24.6. The molecule has 8 aromatic rings. The van der Waals surface area contributed by atoms with Crippen LogP contribution in [0.5, 0.6) is 23.0 Å². The molecule has 0 amide bonds. The molecule has 1 aliphatic carbocycles. The lowest BCUT2D eigenvalue weighted by Gasteiger charge is -2.28. The fourth-order valence-corrected chi connectivity index (χ4v) is 9.81. The maximum absolute atomic E-state index is 12.8. The SMILES string of the molecule is CC(C)(C)c1cc2c(O)c(c1)Cc1cc(C(C)(C)C)cc(c1OCc1cn(Cc3ccccc3)nn1)Cc1cc(C(C)(C)C)cc(c1O)Cc1cc(C(C)(C)C)cc(c1OCc1cn(Cc3ccccc3)nn1)C2. The largest absolute Gasteiger partial charge is 0.507 e. The Morgan fingerprint density at radius 1 is 0.405 bits per heavy atom. The fraction of sp³-hybridized carbons (Fsp3) is 0.375. The number of benzene rings is 6. The van der Waals surface area contributed by atoms with Crippen molar-refractivity contribution in [2.75, 3.05) is 0 Å². The van der Waals surface area contributed by atoms with Crippen molar-refractivity contribution in [2.45, 2.75) is 157 Å². The van der Waals surface area contributed by atoms with E-state index in [-0.39, 0.29) is 46.4 Å². The van der Waals surface area contributed by atoms with Gasteiger partial charge in [0.2, 0.25) is 0 Å². The molecule has 0 fully saturated rings. The third kappa shape index (κ3) is 11.9. The van der Waals surface area contributed by atoms with Crippen LogP contribution in [0.15, 0.2) is 122 Å². The molecule has 0 unspecified atom stereocenters. The Labute approximate surface area is 438 Å². The van der Waals surface area contributed by atoms with E-state index >= 15 is 0 Å². The third-order valence-corrected chi connectivity index (χ3v) is 14.3. The molecule has 10 heteroatoms. The second kappa shape index (κ2) is 20.3. The van der Waals surface area contributed by atoms with Crippen LogP contribution in [0.4, 0.5) is 0 Å². The Bertz CT molecular complexity index is 2970. The normalized spacial score (nSPS) is 13.2. The van der Waals surface area contributed by atoms with Gasteiger partial charge in [0.1, 0.15) is 47.6 Å². The van der Waals surface area contributed by atoms with Crippen molar-refractivity contribution in [1.82, 2.24) is 30.0 Å². The van der Waals surface area contributed by atoms with E-state index in [4.69, 9.17) is 9.47 Å². The van der Waals surface area contributed by atoms with E-state index < -0.39 is 0 Å². The van der Waals surface area contributed by atoms with Crippen molar-refractivity contribution >= 4 is 0 Å². The maximum Gasteiger partial charge on any atom is 0.134 e. The molecule has 384 valence electrons. The van der Waals surface area contributed by atoms with E-state index in [9.17, 15) is 10.2 Å². The van der Waals surface area contributed by atoms with Crippen molar-refractivity contribution in [3.05, 3.63) is 211 Å². The first-order valence-corrected chi connectivity index (χ1v) is 26.1. The molecular formula is C64H74N6O4. The fourth-order valence-electron chi connectivity index (χ4n) is 9.81. The van der Waals surface area contributed by atoms with Crippen LogP contribution in [-0.2, 0) is 73.6 Å². The van der Waals surface area contributed by atoms with Gasteiger partial charge in [-0.2, -0.15) is 0 Å². The molecule has 0 spiro atoms. The summed E-state index contributed by atoms with van der Waals surface area (Å²) in [5, 5.41) is 43.7. The Morgan fingerprint density at radius 3 is 0.946 bits per heavy atom. The molecule has 0 aliphatic heterocycles. The lowest BCUT2D eigenvalue weighted by molar-refractivity contribution is 0.295. The van der Waals surface area contributed by atoms with E-state index in [0.717, 1.165) is 77.9 Å². The third-order valence-electron chi connectivity index (χ3n) is 14.3. The van der Waals surface area contributed by atoms with Crippen molar-refractivity contribution in [3.8, 4) is 23.0 Å². The number of phenols is 2. The second-order valence-electron chi connectivity index (χ2n) is 24.6. The minimum Gasteiger partial charge on any atom is -0.507 e. The van der Waals surface area contributed by atoms with Gasteiger partial charge in [-0.3, -0.25) is 0 Å². The molecule has 0 saturated carbocycles. The first kappa shape index (κ1) is 51.7. The highest BCUT2D eigenvalue weighted by Crippen LogP contribution is 2.44. The van der Waals surface area contributed by atoms with Crippen LogP contribution < -0.4 is 9.47 Å². The number of phenolic OH excluding ortho intramolecular Hbond substituents is 2. The van der Waals surface area contributed by atoms with Crippen molar-refractivity contribution in [3.63, 3.8) is 0 Å². The molecule has 10 nitrogen and oxygen atoms in total. The van der Waals surface area contributed by atoms with Gasteiger partial charge >= 0.3 is 0 Å². The Kier molecular flexibility index (Phi) is 14.1. The van der Waals surface area contributed by atoms with Gasteiger partial charge in [0.25, 0.3) is 0 Å². The minimum absolute atomic E-state index is 0.180. The van der Waals surface area contributed by atoms with Crippen LogP contribution in [0, 0.1) is 0 Å². The highest BCUT2D eigenvalue weighted by Gasteiger charge is 2.29. The van der Waals surface area contributed by atoms with E-state index in [0.29, 0.717) is 61.7 Å². The van der Waals surface area contributed by atoms with Gasteiger partial charge in [-0.1, -0.05) is 203 Å². The molecule has 6 aromatic carbocycles. The number of hydrogen-bond donors (Lipinski definition) is 2. The highest BCUT2D eigenvalue weighted by molar-refractivity contribution is 5.59. The highest BCUT2D eigenvalue weighted by atomic mass is 16.5. The van der Waals surface area contributed by atoms with E-state index in [2.05, 4.69) is 177 Å². The van der Waals surface area contributed by atoms with Crippen LogP contribution in [0.3, 0.4) is 0 Å². The van der Waals surface area contributed by atoms with Crippen molar-refractivity contribution < 1.29 is 19.7 Å². The van der Waals surface area contributed by atoms with Gasteiger partial charge in [-0.15, -0.1) is 10.2 Å². The monoisotopic (exact) mass is 991 g/mol. The molecule has 1 aliphatic rings. The molecular weight excluding hydrogens is 917 g/mol. The van der Waals surface area contributed by atoms with Gasteiger partial charge < -0.3 is 19.7 Å². The Hall–Kier alpha value is -7.20. The zero-order chi connectivity index (χ0) is 52.7. The van der Waals surface area contributed by atoms with Crippen LogP contribution in [0.1, 0.15) is 172 Å². The van der Waals surface area contributed by atoms with Crippen LogP contribution in [0.2, 0.25) is 0 Å².